The Labute approximate surface area is 124 Å². The van der Waals surface area contributed by atoms with E-state index in [4.69, 9.17) is 0 Å². The number of carbonyl (C=O) groups excluding carboxylic acids is 1. The molecule has 21 heavy (non-hydrogen) atoms. The Hall–Kier alpha value is -2.14. The highest BCUT2D eigenvalue weighted by Gasteiger charge is 2.23. The summed E-state index contributed by atoms with van der Waals surface area (Å²) < 4.78 is 0. The summed E-state index contributed by atoms with van der Waals surface area (Å²) in [6, 6.07) is 10.5. The van der Waals surface area contributed by atoms with Gasteiger partial charge in [-0.2, -0.15) is 5.10 Å². The normalized spacial score (nSPS) is 18.8. The summed E-state index contributed by atoms with van der Waals surface area (Å²) in [5.74, 6) is 0.481. The van der Waals surface area contributed by atoms with Gasteiger partial charge in [0.2, 0.25) is 0 Å². The largest absolute Gasteiger partial charge is 0.352 e. The van der Waals surface area contributed by atoms with E-state index in [0.717, 1.165) is 32.6 Å². The van der Waals surface area contributed by atoms with Gasteiger partial charge in [-0.3, -0.25) is 14.8 Å². The fraction of sp³-hybridized carbons (Fsp3) is 0.375. The Kier molecular flexibility index (Phi) is 4.31. The Morgan fingerprint density at radius 1 is 1.38 bits per heavy atom. The molecule has 1 aromatic heterocycles. The van der Waals surface area contributed by atoms with Gasteiger partial charge in [0.15, 0.2) is 0 Å². The van der Waals surface area contributed by atoms with Gasteiger partial charge < -0.3 is 5.32 Å². The van der Waals surface area contributed by atoms with E-state index >= 15 is 0 Å². The molecule has 0 spiro atoms. The summed E-state index contributed by atoms with van der Waals surface area (Å²) >= 11 is 0. The molecule has 5 heteroatoms. The highest BCUT2D eigenvalue weighted by molar-refractivity contribution is 5.93. The number of carbonyl (C=O) groups is 1. The maximum absolute atomic E-state index is 11.9. The number of aromatic amines is 1. The van der Waals surface area contributed by atoms with E-state index in [-0.39, 0.29) is 5.91 Å². The summed E-state index contributed by atoms with van der Waals surface area (Å²) in [5.41, 5.74) is 1.94. The number of amides is 1. The number of nitrogens with zero attached hydrogens (tertiary/aromatic N) is 2. The maximum atomic E-state index is 11.9. The predicted molar refractivity (Wildman–Crippen MR) is 80.7 cm³/mol. The Balaban J connectivity index is 1.44. The van der Waals surface area contributed by atoms with Gasteiger partial charge in [-0.1, -0.05) is 30.3 Å². The van der Waals surface area contributed by atoms with Crippen molar-refractivity contribution in [2.24, 2.45) is 5.92 Å². The van der Waals surface area contributed by atoms with Crippen LogP contribution in [0.1, 0.15) is 22.3 Å². The van der Waals surface area contributed by atoms with Gasteiger partial charge in [0.25, 0.3) is 5.91 Å². The van der Waals surface area contributed by atoms with Crippen molar-refractivity contribution in [1.82, 2.24) is 20.4 Å². The topological polar surface area (TPSA) is 61.0 Å². The number of hydrogen-bond donors (Lipinski definition) is 2. The molecule has 1 saturated heterocycles. The molecular formula is C16H20N4O. The molecule has 2 heterocycles. The third-order valence-electron chi connectivity index (χ3n) is 3.93. The molecule has 3 rings (SSSR count). The number of H-pyrrole nitrogens is 1. The van der Waals surface area contributed by atoms with Crippen molar-refractivity contribution < 1.29 is 4.79 Å². The van der Waals surface area contributed by atoms with Crippen LogP contribution in [0, 0.1) is 5.92 Å². The van der Waals surface area contributed by atoms with E-state index in [0.29, 0.717) is 11.5 Å². The zero-order valence-electron chi connectivity index (χ0n) is 12.0. The summed E-state index contributed by atoms with van der Waals surface area (Å²) in [5, 5.41) is 9.43. The lowest BCUT2D eigenvalue weighted by Gasteiger charge is -2.16. The van der Waals surface area contributed by atoms with Crippen molar-refractivity contribution in [3.63, 3.8) is 0 Å². The van der Waals surface area contributed by atoms with Crippen molar-refractivity contribution in [3.05, 3.63) is 53.9 Å². The molecule has 1 aromatic carbocycles. The Morgan fingerprint density at radius 3 is 3.00 bits per heavy atom. The Morgan fingerprint density at radius 2 is 2.24 bits per heavy atom. The lowest BCUT2D eigenvalue weighted by Crippen LogP contribution is -2.30. The number of benzene rings is 1. The van der Waals surface area contributed by atoms with Gasteiger partial charge in [-0.05, 0) is 24.4 Å². The van der Waals surface area contributed by atoms with Crippen LogP contribution in [0.25, 0.3) is 0 Å². The number of hydrogen-bond acceptors (Lipinski definition) is 3. The van der Waals surface area contributed by atoms with E-state index in [9.17, 15) is 4.79 Å². The molecule has 110 valence electrons. The van der Waals surface area contributed by atoms with Crippen LogP contribution in [-0.4, -0.2) is 40.6 Å². The quantitative estimate of drug-likeness (QED) is 0.878. The average molecular weight is 284 g/mol. The van der Waals surface area contributed by atoms with E-state index < -0.39 is 0 Å². The molecule has 1 aliphatic rings. The number of rotatable bonds is 5. The Bertz CT molecular complexity index is 567. The zero-order chi connectivity index (χ0) is 14.5. The number of nitrogens with one attached hydrogen (secondary N) is 2. The van der Waals surface area contributed by atoms with E-state index in [1.807, 2.05) is 6.07 Å². The first kappa shape index (κ1) is 13.8. The molecule has 0 aliphatic carbocycles. The van der Waals surface area contributed by atoms with Gasteiger partial charge in [0, 0.05) is 25.8 Å². The van der Waals surface area contributed by atoms with Gasteiger partial charge in [0.05, 0.1) is 11.8 Å². The molecular weight excluding hydrogens is 264 g/mol. The van der Waals surface area contributed by atoms with Crippen molar-refractivity contribution in [1.29, 1.82) is 0 Å². The lowest BCUT2D eigenvalue weighted by atomic mass is 10.1. The standard InChI is InChI=1S/C16H20N4O/c21-16(15-9-18-19-10-15)17-8-14-6-7-20(12-14)11-13-4-2-1-3-5-13/h1-5,9-10,14H,6-8,11-12H2,(H,17,21)(H,18,19)/t14-/m1/s1. The van der Waals surface area contributed by atoms with Gasteiger partial charge >= 0.3 is 0 Å². The molecule has 0 bridgehead atoms. The van der Waals surface area contributed by atoms with Crippen LogP contribution >= 0.6 is 0 Å². The predicted octanol–water partition coefficient (Wildman–Crippen LogP) is 1.66. The van der Waals surface area contributed by atoms with Crippen LogP contribution in [0.3, 0.4) is 0 Å². The SMILES string of the molecule is O=C(NC[C@H]1CCN(Cc2ccccc2)C1)c1cn[nH]c1. The van der Waals surface area contributed by atoms with Crippen LogP contribution in [0.5, 0.6) is 0 Å². The number of aromatic nitrogens is 2. The van der Waals surface area contributed by atoms with Gasteiger partial charge in [0.1, 0.15) is 0 Å². The minimum absolute atomic E-state index is 0.0507. The summed E-state index contributed by atoms with van der Waals surface area (Å²) in [6.45, 7) is 3.87. The molecule has 1 amide bonds. The summed E-state index contributed by atoms with van der Waals surface area (Å²) in [7, 11) is 0. The molecule has 2 aromatic rings. The minimum atomic E-state index is -0.0507. The monoisotopic (exact) mass is 284 g/mol. The molecule has 0 saturated carbocycles. The fourth-order valence-electron chi connectivity index (χ4n) is 2.78. The lowest BCUT2D eigenvalue weighted by molar-refractivity contribution is 0.0947. The second kappa shape index (κ2) is 6.54. The van der Waals surface area contributed by atoms with E-state index in [1.165, 1.54) is 5.56 Å². The molecule has 1 fully saturated rings. The second-order valence-electron chi connectivity index (χ2n) is 5.57. The zero-order valence-corrected chi connectivity index (χ0v) is 12.0. The molecule has 0 unspecified atom stereocenters. The summed E-state index contributed by atoms with van der Waals surface area (Å²) in [6.07, 6.45) is 4.30. The fourth-order valence-corrected chi connectivity index (χ4v) is 2.78. The van der Waals surface area contributed by atoms with Crippen molar-refractivity contribution in [2.75, 3.05) is 19.6 Å². The third kappa shape index (κ3) is 3.70. The average Bonchev–Trinajstić information content (AvgIpc) is 3.17. The smallest absolute Gasteiger partial charge is 0.254 e. The van der Waals surface area contributed by atoms with Crippen LogP contribution in [0.2, 0.25) is 0 Å². The second-order valence-corrected chi connectivity index (χ2v) is 5.57. The van der Waals surface area contributed by atoms with E-state index in [1.54, 1.807) is 12.4 Å². The number of likely N-dealkylation sites (tertiary alicyclic amines) is 1. The maximum Gasteiger partial charge on any atom is 0.254 e. The summed E-state index contributed by atoms with van der Waals surface area (Å²) in [4.78, 5) is 14.3. The van der Waals surface area contributed by atoms with Gasteiger partial charge in [-0.15, -0.1) is 0 Å². The van der Waals surface area contributed by atoms with Crippen LogP contribution in [0.4, 0.5) is 0 Å². The first-order valence-corrected chi connectivity index (χ1v) is 7.34. The third-order valence-corrected chi connectivity index (χ3v) is 3.93. The highest BCUT2D eigenvalue weighted by atomic mass is 16.1. The van der Waals surface area contributed by atoms with Crippen molar-refractivity contribution >= 4 is 5.91 Å². The molecule has 2 N–H and O–H groups in total. The first-order chi connectivity index (χ1) is 10.3. The first-order valence-electron chi connectivity index (χ1n) is 7.34. The highest BCUT2D eigenvalue weighted by Crippen LogP contribution is 2.18. The van der Waals surface area contributed by atoms with Crippen LogP contribution in [-0.2, 0) is 6.54 Å². The molecule has 0 radical (unpaired) electrons. The van der Waals surface area contributed by atoms with Gasteiger partial charge in [-0.25, -0.2) is 0 Å². The van der Waals surface area contributed by atoms with Crippen LogP contribution < -0.4 is 5.32 Å². The minimum Gasteiger partial charge on any atom is -0.352 e. The molecule has 1 aliphatic heterocycles. The molecule has 5 nitrogen and oxygen atoms in total. The van der Waals surface area contributed by atoms with Crippen LogP contribution in [0.15, 0.2) is 42.7 Å². The van der Waals surface area contributed by atoms with E-state index in [2.05, 4.69) is 44.7 Å². The molecule has 1 atom stereocenters. The van der Waals surface area contributed by atoms with Crippen molar-refractivity contribution in [3.8, 4) is 0 Å². The van der Waals surface area contributed by atoms with Crippen molar-refractivity contribution in [2.45, 2.75) is 13.0 Å².